The number of hydrogen-bond acceptors (Lipinski definition) is 3. The first-order valence-electron chi connectivity index (χ1n) is 8.48. The number of carbonyl (C=O) groups is 1. The highest BCUT2D eigenvalue weighted by Gasteiger charge is 2.11. The van der Waals surface area contributed by atoms with Gasteiger partial charge in [0.05, 0.1) is 12.2 Å². The fraction of sp³-hybridized carbons (Fsp3) is 0.632. The van der Waals surface area contributed by atoms with Crippen LogP contribution < -0.4 is 0 Å². The Bertz CT molecular complexity index is 426. The molecule has 0 aliphatic rings. The number of unbranched alkanes of at least 4 members (excludes halogenated alkanes) is 1. The Morgan fingerprint density at radius 1 is 1.09 bits per heavy atom. The summed E-state index contributed by atoms with van der Waals surface area (Å²) >= 11 is 0. The molecule has 0 radical (unpaired) electrons. The molecule has 3 nitrogen and oxygen atoms in total. The van der Waals surface area contributed by atoms with Crippen LogP contribution in [-0.4, -0.2) is 25.8 Å². The smallest absolute Gasteiger partial charge is 0.338 e. The molecule has 1 aromatic rings. The van der Waals surface area contributed by atoms with Crippen LogP contribution in [0, 0.1) is 5.92 Å². The zero-order valence-electron chi connectivity index (χ0n) is 14.3. The third-order valence-electron chi connectivity index (χ3n) is 3.54. The molecule has 0 heterocycles. The number of esters is 1. The molecule has 3 heteroatoms. The molecule has 0 N–H and O–H groups in total. The first-order valence-corrected chi connectivity index (χ1v) is 8.48. The van der Waals surface area contributed by atoms with Crippen molar-refractivity contribution in [1.29, 1.82) is 0 Å². The second-order valence-corrected chi connectivity index (χ2v) is 6.05. The van der Waals surface area contributed by atoms with Gasteiger partial charge >= 0.3 is 5.97 Å². The Kier molecular flexibility index (Phi) is 9.56. The van der Waals surface area contributed by atoms with Crippen molar-refractivity contribution < 1.29 is 14.3 Å². The van der Waals surface area contributed by atoms with Gasteiger partial charge in [-0.3, -0.25) is 0 Å². The average molecular weight is 306 g/mol. The second-order valence-electron chi connectivity index (χ2n) is 6.05. The monoisotopic (exact) mass is 306 g/mol. The molecule has 0 aliphatic carbocycles. The van der Waals surface area contributed by atoms with Crippen molar-refractivity contribution in [3.05, 3.63) is 35.4 Å². The summed E-state index contributed by atoms with van der Waals surface area (Å²) in [6.45, 7) is 8.12. The molecular weight excluding hydrogens is 276 g/mol. The third kappa shape index (κ3) is 7.60. The van der Waals surface area contributed by atoms with E-state index in [4.69, 9.17) is 9.47 Å². The first-order chi connectivity index (χ1) is 10.6. The molecule has 0 aliphatic heterocycles. The number of benzene rings is 1. The van der Waals surface area contributed by atoms with Gasteiger partial charge in [0.1, 0.15) is 6.61 Å². The van der Waals surface area contributed by atoms with E-state index in [1.54, 1.807) is 0 Å². The van der Waals surface area contributed by atoms with E-state index in [1.165, 1.54) is 12.8 Å². The highest BCUT2D eigenvalue weighted by Crippen LogP contribution is 2.12. The van der Waals surface area contributed by atoms with Gasteiger partial charge in [-0.2, -0.15) is 0 Å². The Morgan fingerprint density at radius 2 is 1.86 bits per heavy atom. The maximum absolute atomic E-state index is 12.1. The molecule has 0 saturated carbocycles. The lowest BCUT2D eigenvalue weighted by atomic mass is 10.0. The van der Waals surface area contributed by atoms with Crippen LogP contribution in [0.3, 0.4) is 0 Å². The van der Waals surface area contributed by atoms with Crippen LogP contribution in [0.5, 0.6) is 0 Å². The first kappa shape index (κ1) is 18.7. The van der Waals surface area contributed by atoms with Crippen molar-refractivity contribution in [3.8, 4) is 0 Å². The summed E-state index contributed by atoms with van der Waals surface area (Å²) in [5.74, 6) is 0.511. The van der Waals surface area contributed by atoms with E-state index in [2.05, 4.69) is 20.8 Å². The summed E-state index contributed by atoms with van der Waals surface area (Å²) < 4.78 is 10.8. The third-order valence-corrected chi connectivity index (χ3v) is 3.54. The van der Waals surface area contributed by atoms with Gasteiger partial charge in [0, 0.05) is 6.61 Å². The number of rotatable bonds is 11. The van der Waals surface area contributed by atoms with Gasteiger partial charge in [-0.15, -0.1) is 0 Å². The van der Waals surface area contributed by atoms with E-state index in [-0.39, 0.29) is 5.97 Å². The summed E-state index contributed by atoms with van der Waals surface area (Å²) in [4.78, 5) is 12.1. The van der Waals surface area contributed by atoms with Crippen LogP contribution >= 0.6 is 0 Å². The number of ether oxygens (including phenoxy) is 2. The van der Waals surface area contributed by atoms with Gasteiger partial charge in [-0.1, -0.05) is 58.2 Å². The number of aryl methyl sites for hydroxylation is 1. The van der Waals surface area contributed by atoms with Crippen molar-refractivity contribution in [2.45, 2.75) is 52.9 Å². The molecule has 22 heavy (non-hydrogen) atoms. The largest absolute Gasteiger partial charge is 0.460 e. The molecule has 0 saturated heterocycles. The molecule has 0 bridgehead atoms. The molecule has 0 spiro atoms. The Balaban J connectivity index is 2.18. The summed E-state index contributed by atoms with van der Waals surface area (Å²) in [6.07, 6.45) is 5.43. The van der Waals surface area contributed by atoms with E-state index in [0.29, 0.717) is 18.8 Å². The zero-order chi connectivity index (χ0) is 16.2. The van der Waals surface area contributed by atoms with Crippen LogP contribution in [0.1, 0.15) is 62.4 Å². The summed E-state index contributed by atoms with van der Waals surface area (Å²) in [7, 11) is 0. The standard InChI is InChI=1S/C19H30O3/c1-4-9-17-11-5-6-12-18(17)19(20)22-15-14-21-13-8-7-10-16(2)3/h5-6,11-12,16H,4,7-10,13-15H2,1-3H3. The van der Waals surface area contributed by atoms with E-state index in [1.807, 2.05) is 24.3 Å². The van der Waals surface area contributed by atoms with E-state index in [9.17, 15) is 4.79 Å². The van der Waals surface area contributed by atoms with E-state index < -0.39 is 0 Å². The highest BCUT2D eigenvalue weighted by atomic mass is 16.6. The van der Waals surface area contributed by atoms with Crippen molar-refractivity contribution in [1.82, 2.24) is 0 Å². The molecule has 124 valence electrons. The fourth-order valence-electron chi connectivity index (χ4n) is 2.34. The minimum atomic E-state index is -0.243. The molecule has 1 rings (SSSR count). The Hall–Kier alpha value is -1.35. The van der Waals surface area contributed by atoms with Gasteiger partial charge in [-0.25, -0.2) is 4.79 Å². The topological polar surface area (TPSA) is 35.5 Å². The summed E-state index contributed by atoms with van der Waals surface area (Å²) in [5, 5.41) is 0. The minimum Gasteiger partial charge on any atom is -0.460 e. The van der Waals surface area contributed by atoms with Gasteiger partial charge in [0.15, 0.2) is 0 Å². The quantitative estimate of drug-likeness (QED) is 0.441. The average Bonchev–Trinajstić information content (AvgIpc) is 2.50. The van der Waals surface area contributed by atoms with Gasteiger partial charge in [0.25, 0.3) is 0 Å². The SMILES string of the molecule is CCCc1ccccc1C(=O)OCCOCCCCC(C)C. The predicted octanol–water partition coefficient (Wildman–Crippen LogP) is 4.64. The van der Waals surface area contributed by atoms with Crippen LogP contribution in [0.15, 0.2) is 24.3 Å². The van der Waals surface area contributed by atoms with Gasteiger partial charge < -0.3 is 9.47 Å². The van der Waals surface area contributed by atoms with Gasteiger partial charge in [0.2, 0.25) is 0 Å². The lowest BCUT2D eigenvalue weighted by Crippen LogP contribution is -2.13. The normalized spacial score (nSPS) is 10.9. The maximum Gasteiger partial charge on any atom is 0.338 e. The second kappa shape index (κ2) is 11.2. The molecular formula is C19H30O3. The molecule has 0 amide bonds. The fourth-order valence-corrected chi connectivity index (χ4v) is 2.34. The Morgan fingerprint density at radius 3 is 2.59 bits per heavy atom. The highest BCUT2D eigenvalue weighted by molar-refractivity contribution is 5.91. The number of carbonyl (C=O) groups excluding carboxylic acids is 1. The van der Waals surface area contributed by atoms with Crippen molar-refractivity contribution in [2.24, 2.45) is 5.92 Å². The van der Waals surface area contributed by atoms with Crippen molar-refractivity contribution in [3.63, 3.8) is 0 Å². The zero-order valence-corrected chi connectivity index (χ0v) is 14.3. The molecule has 0 atom stereocenters. The van der Waals surface area contributed by atoms with Crippen LogP contribution in [0.4, 0.5) is 0 Å². The van der Waals surface area contributed by atoms with Crippen LogP contribution in [0.2, 0.25) is 0 Å². The lowest BCUT2D eigenvalue weighted by Gasteiger charge is -2.09. The van der Waals surface area contributed by atoms with Crippen molar-refractivity contribution in [2.75, 3.05) is 19.8 Å². The summed E-state index contributed by atoms with van der Waals surface area (Å²) in [6, 6.07) is 7.66. The molecule has 0 aromatic heterocycles. The van der Waals surface area contributed by atoms with Crippen LogP contribution in [-0.2, 0) is 15.9 Å². The maximum atomic E-state index is 12.1. The van der Waals surface area contributed by atoms with Crippen LogP contribution in [0.25, 0.3) is 0 Å². The lowest BCUT2D eigenvalue weighted by molar-refractivity contribution is 0.0310. The molecule has 0 unspecified atom stereocenters. The van der Waals surface area contributed by atoms with Crippen molar-refractivity contribution >= 4 is 5.97 Å². The Labute approximate surface area is 135 Å². The number of hydrogen-bond donors (Lipinski definition) is 0. The van der Waals surface area contributed by atoms with Gasteiger partial charge in [-0.05, 0) is 30.4 Å². The van der Waals surface area contributed by atoms with E-state index in [0.717, 1.165) is 37.4 Å². The molecule has 0 fully saturated rings. The summed E-state index contributed by atoms with van der Waals surface area (Å²) in [5.41, 5.74) is 1.74. The predicted molar refractivity (Wildman–Crippen MR) is 90.2 cm³/mol. The minimum absolute atomic E-state index is 0.243. The molecule has 1 aromatic carbocycles. The van der Waals surface area contributed by atoms with E-state index >= 15 is 0 Å².